The first-order valence-electron chi connectivity index (χ1n) is 14.2. The maximum absolute atomic E-state index is 6.18. The molecule has 0 radical (unpaired) electrons. The fourth-order valence-corrected chi connectivity index (χ4v) is 6.60. The van der Waals surface area contributed by atoms with Crippen molar-refractivity contribution in [2.24, 2.45) is 0 Å². The zero-order valence-corrected chi connectivity index (χ0v) is 22.7. The van der Waals surface area contributed by atoms with Gasteiger partial charge in [0.25, 0.3) is 0 Å². The van der Waals surface area contributed by atoms with Crippen molar-refractivity contribution in [3.8, 4) is 33.4 Å². The lowest BCUT2D eigenvalue weighted by Crippen LogP contribution is -1.90. The molecule has 2 aromatic heterocycles. The van der Waals surface area contributed by atoms with Crippen molar-refractivity contribution < 1.29 is 8.83 Å². The lowest BCUT2D eigenvalue weighted by Gasteiger charge is -2.18. The average Bonchev–Trinajstić information content (AvgIpc) is 3.66. The lowest BCUT2D eigenvalue weighted by atomic mass is 9.86. The number of fused-ring (bicyclic) bond motifs is 6. The Morgan fingerprint density at radius 1 is 0.333 bits per heavy atom. The van der Waals surface area contributed by atoms with E-state index in [-0.39, 0.29) is 0 Å². The van der Waals surface area contributed by atoms with Gasteiger partial charge in [-0.3, -0.25) is 0 Å². The van der Waals surface area contributed by atoms with Crippen LogP contribution in [0.2, 0.25) is 0 Å². The van der Waals surface area contributed by atoms with Gasteiger partial charge in [-0.25, -0.2) is 0 Å². The summed E-state index contributed by atoms with van der Waals surface area (Å²) in [4.78, 5) is 0. The van der Waals surface area contributed by atoms with Crippen LogP contribution in [0.5, 0.6) is 0 Å². The Bertz CT molecular complexity index is 2380. The minimum atomic E-state index is 0.873. The highest BCUT2D eigenvalue weighted by molar-refractivity contribution is 6.21. The quantitative estimate of drug-likeness (QED) is 0.210. The minimum absolute atomic E-state index is 0.873. The molecule has 0 N–H and O–H groups in total. The SMILES string of the molecule is c1ccc(-c2c3ccccc3c(-c3ccc(-c4ccc5oc6cc7ccoc7cc6c5c4)cc3)c3ccccc23)cc1. The van der Waals surface area contributed by atoms with E-state index in [0.29, 0.717) is 0 Å². The fraction of sp³-hybridized carbons (Fsp3) is 0. The van der Waals surface area contributed by atoms with Crippen molar-refractivity contribution in [1.82, 2.24) is 0 Å². The molecule has 0 spiro atoms. The molecular weight excluding hydrogens is 512 g/mol. The number of furan rings is 2. The Balaban J connectivity index is 1.21. The maximum Gasteiger partial charge on any atom is 0.136 e. The second-order valence-electron chi connectivity index (χ2n) is 10.9. The molecule has 42 heavy (non-hydrogen) atoms. The molecule has 2 heterocycles. The van der Waals surface area contributed by atoms with Crippen LogP contribution in [0.25, 0.3) is 87.8 Å². The molecular formula is C40H24O2. The van der Waals surface area contributed by atoms with Gasteiger partial charge < -0.3 is 8.83 Å². The minimum Gasteiger partial charge on any atom is -0.464 e. The molecule has 0 aliphatic rings. The van der Waals surface area contributed by atoms with Crippen LogP contribution < -0.4 is 0 Å². The van der Waals surface area contributed by atoms with Crippen LogP contribution in [0.1, 0.15) is 0 Å². The molecule has 0 saturated carbocycles. The van der Waals surface area contributed by atoms with Gasteiger partial charge in [-0.1, -0.05) is 109 Å². The Morgan fingerprint density at radius 3 is 1.55 bits per heavy atom. The largest absolute Gasteiger partial charge is 0.464 e. The van der Waals surface area contributed by atoms with Gasteiger partial charge in [0.05, 0.1) is 6.26 Å². The summed E-state index contributed by atoms with van der Waals surface area (Å²) in [5, 5.41) is 8.28. The second-order valence-corrected chi connectivity index (χ2v) is 10.9. The third-order valence-corrected chi connectivity index (χ3v) is 8.55. The third-order valence-electron chi connectivity index (χ3n) is 8.55. The number of benzene rings is 7. The summed E-state index contributed by atoms with van der Waals surface area (Å²) < 4.78 is 11.8. The molecule has 0 aliphatic carbocycles. The molecule has 0 bridgehead atoms. The van der Waals surface area contributed by atoms with Gasteiger partial charge in [0.2, 0.25) is 0 Å². The first-order chi connectivity index (χ1) is 20.8. The van der Waals surface area contributed by atoms with Crippen molar-refractivity contribution in [1.29, 1.82) is 0 Å². The molecule has 7 aromatic carbocycles. The van der Waals surface area contributed by atoms with E-state index in [0.717, 1.165) is 38.5 Å². The van der Waals surface area contributed by atoms with Gasteiger partial charge in [-0.15, -0.1) is 0 Å². The highest BCUT2D eigenvalue weighted by Crippen LogP contribution is 2.44. The molecule has 9 aromatic rings. The van der Waals surface area contributed by atoms with Gasteiger partial charge in [-0.2, -0.15) is 0 Å². The summed E-state index contributed by atoms with van der Waals surface area (Å²) in [7, 11) is 0. The zero-order valence-electron chi connectivity index (χ0n) is 22.7. The van der Waals surface area contributed by atoms with E-state index in [2.05, 4.69) is 133 Å². The highest BCUT2D eigenvalue weighted by Gasteiger charge is 2.17. The van der Waals surface area contributed by atoms with Gasteiger partial charge in [0, 0.05) is 16.2 Å². The predicted molar refractivity (Wildman–Crippen MR) is 175 cm³/mol. The standard InChI is InChI=1S/C40H24O2/c1-2-8-26(9-3-1)39-30-10-4-6-12-32(30)40(33-13-7-5-11-31(33)39)27-16-14-25(15-17-27)28-18-19-36-34(22-28)35-24-37-29(20-21-41-37)23-38(35)42-36/h1-24H. The van der Waals surface area contributed by atoms with E-state index >= 15 is 0 Å². The third kappa shape index (κ3) is 3.45. The van der Waals surface area contributed by atoms with Crippen molar-refractivity contribution in [2.75, 3.05) is 0 Å². The topological polar surface area (TPSA) is 26.3 Å². The van der Waals surface area contributed by atoms with Crippen LogP contribution in [0.15, 0.2) is 155 Å². The summed E-state index contributed by atoms with van der Waals surface area (Å²) in [5.74, 6) is 0. The van der Waals surface area contributed by atoms with E-state index in [1.807, 2.05) is 6.07 Å². The molecule has 0 saturated heterocycles. The molecule has 196 valence electrons. The van der Waals surface area contributed by atoms with Crippen molar-refractivity contribution in [3.63, 3.8) is 0 Å². The van der Waals surface area contributed by atoms with Gasteiger partial charge in [0.15, 0.2) is 0 Å². The Kier molecular flexibility index (Phi) is 4.93. The van der Waals surface area contributed by atoms with Crippen molar-refractivity contribution >= 4 is 54.5 Å². The normalized spacial score (nSPS) is 11.8. The number of hydrogen-bond donors (Lipinski definition) is 0. The van der Waals surface area contributed by atoms with E-state index in [1.165, 1.54) is 49.4 Å². The molecule has 0 fully saturated rings. The summed E-state index contributed by atoms with van der Waals surface area (Å²) in [6.07, 6.45) is 1.72. The first-order valence-corrected chi connectivity index (χ1v) is 14.2. The smallest absolute Gasteiger partial charge is 0.136 e. The molecule has 9 rings (SSSR count). The Hall–Kier alpha value is -5.60. The van der Waals surface area contributed by atoms with E-state index < -0.39 is 0 Å². The summed E-state index contributed by atoms with van der Waals surface area (Å²) in [5.41, 5.74) is 9.97. The average molecular weight is 537 g/mol. The molecule has 2 nitrogen and oxygen atoms in total. The molecule has 0 amide bonds. The molecule has 0 atom stereocenters. The van der Waals surface area contributed by atoms with Gasteiger partial charge in [0.1, 0.15) is 16.7 Å². The first kappa shape index (κ1) is 23.1. The predicted octanol–water partition coefficient (Wildman–Crippen LogP) is 11.6. The van der Waals surface area contributed by atoms with Crippen LogP contribution in [0.4, 0.5) is 0 Å². The summed E-state index contributed by atoms with van der Waals surface area (Å²) in [6, 6.07) is 49.9. The van der Waals surface area contributed by atoms with Crippen molar-refractivity contribution in [3.05, 3.63) is 146 Å². The number of rotatable bonds is 3. The van der Waals surface area contributed by atoms with E-state index in [9.17, 15) is 0 Å². The van der Waals surface area contributed by atoms with E-state index in [4.69, 9.17) is 8.83 Å². The highest BCUT2D eigenvalue weighted by atomic mass is 16.3. The lowest BCUT2D eigenvalue weighted by molar-refractivity contribution is 0.616. The van der Waals surface area contributed by atoms with Crippen LogP contribution in [0.3, 0.4) is 0 Å². The van der Waals surface area contributed by atoms with Gasteiger partial charge in [-0.05, 0) is 85.3 Å². The second kappa shape index (κ2) is 8.95. The molecule has 2 heteroatoms. The monoisotopic (exact) mass is 536 g/mol. The maximum atomic E-state index is 6.18. The van der Waals surface area contributed by atoms with Crippen LogP contribution in [-0.2, 0) is 0 Å². The Morgan fingerprint density at radius 2 is 0.881 bits per heavy atom. The zero-order chi connectivity index (χ0) is 27.6. The molecule has 0 aliphatic heterocycles. The van der Waals surface area contributed by atoms with Crippen LogP contribution in [-0.4, -0.2) is 0 Å². The summed E-state index contributed by atoms with van der Waals surface area (Å²) >= 11 is 0. The van der Waals surface area contributed by atoms with Crippen LogP contribution in [0, 0.1) is 0 Å². The van der Waals surface area contributed by atoms with Crippen molar-refractivity contribution in [2.45, 2.75) is 0 Å². The van der Waals surface area contributed by atoms with Gasteiger partial charge >= 0.3 is 0 Å². The van der Waals surface area contributed by atoms with E-state index in [1.54, 1.807) is 6.26 Å². The summed E-state index contributed by atoms with van der Waals surface area (Å²) in [6.45, 7) is 0. The molecule has 0 unspecified atom stereocenters. The fourth-order valence-electron chi connectivity index (χ4n) is 6.60. The number of hydrogen-bond acceptors (Lipinski definition) is 2. The van der Waals surface area contributed by atoms with Crippen LogP contribution >= 0.6 is 0 Å². The Labute approximate surface area is 242 Å².